The molecule has 0 aliphatic carbocycles. The molecule has 1 aliphatic heterocycles. The average Bonchev–Trinajstić information content (AvgIpc) is 2.83. The lowest BCUT2D eigenvalue weighted by atomic mass is 9.97. The number of aromatic nitrogens is 2. The summed E-state index contributed by atoms with van der Waals surface area (Å²) in [7, 11) is 1.62. The van der Waals surface area contributed by atoms with Crippen molar-refractivity contribution >= 4 is 11.7 Å². The van der Waals surface area contributed by atoms with Gasteiger partial charge in [-0.15, -0.1) is 5.10 Å². The van der Waals surface area contributed by atoms with Gasteiger partial charge in [0.25, 0.3) is 5.56 Å². The zero-order valence-corrected chi connectivity index (χ0v) is 17.8. The van der Waals surface area contributed by atoms with Crippen LogP contribution in [0.5, 0.6) is 5.75 Å². The molecule has 0 saturated carbocycles. The molecule has 0 unspecified atom stereocenters. The Hall–Kier alpha value is -3.68. The summed E-state index contributed by atoms with van der Waals surface area (Å²) >= 11 is 0. The van der Waals surface area contributed by atoms with E-state index in [1.54, 1.807) is 19.2 Å². The Morgan fingerprint density at radius 3 is 2.75 bits per heavy atom. The van der Waals surface area contributed by atoms with Crippen molar-refractivity contribution in [1.82, 2.24) is 15.1 Å². The number of piperidine rings is 1. The summed E-state index contributed by atoms with van der Waals surface area (Å²) in [4.78, 5) is 27.1. The van der Waals surface area contributed by atoms with Crippen molar-refractivity contribution < 1.29 is 13.9 Å². The zero-order valence-electron chi connectivity index (χ0n) is 17.8. The van der Waals surface area contributed by atoms with Gasteiger partial charge in [-0.3, -0.25) is 9.59 Å². The van der Waals surface area contributed by atoms with E-state index in [0.29, 0.717) is 24.6 Å². The second-order valence-corrected chi connectivity index (χ2v) is 7.77. The van der Waals surface area contributed by atoms with Gasteiger partial charge in [-0.05, 0) is 54.8 Å². The van der Waals surface area contributed by atoms with E-state index in [1.165, 1.54) is 28.9 Å². The number of carbonyl (C=O) groups is 1. The van der Waals surface area contributed by atoms with E-state index >= 15 is 0 Å². The van der Waals surface area contributed by atoms with Gasteiger partial charge in [0, 0.05) is 25.7 Å². The minimum Gasteiger partial charge on any atom is -0.497 e. The minimum absolute atomic E-state index is 0.0102. The van der Waals surface area contributed by atoms with Gasteiger partial charge in [0.05, 0.1) is 18.7 Å². The highest BCUT2D eigenvalue weighted by Gasteiger charge is 2.26. The fraction of sp³-hybridized carbons (Fsp3) is 0.292. The molecule has 0 spiro atoms. The molecule has 1 saturated heterocycles. The van der Waals surface area contributed by atoms with E-state index < -0.39 is 5.82 Å². The Morgan fingerprint density at radius 2 is 2.00 bits per heavy atom. The van der Waals surface area contributed by atoms with Crippen molar-refractivity contribution in [1.29, 1.82) is 0 Å². The summed E-state index contributed by atoms with van der Waals surface area (Å²) < 4.78 is 19.9. The second kappa shape index (κ2) is 9.64. The van der Waals surface area contributed by atoms with Gasteiger partial charge in [-0.1, -0.05) is 18.2 Å². The number of carbonyl (C=O) groups excluding carboxylic acids is 1. The highest BCUT2D eigenvalue weighted by Crippen LogP contribution is 2.22. The maximum Gasteiger partial charge on any atom is 0.271 e. The van der Waals surface area contributed by atoms with Gasteiger partial charge in [0.1, 0.15) is 17.4 Å². The SMILES string of the molecule is COc1ccc(CNC(=O)[C@H]2CCCN(c3ccc(=O)n(-c4cccc(F)c4)n3)C2)cc1. The summed E-state index contributed by atoms with van der Waals surface area (Å²) in [6.07, 6.45) is 1.62. The van der Waals surface area contributed by atoms with Crippen LogP contribution in [0.3, 0.4) is 0 Å². The third kappa shape index (κ3) is 4.96. The van der Waals surface area contributed by atoms with Crippen LogP contribution in [0, 0.1) is 11.7 Å². The van der Waals surface area contributed by atoms with Crippen molar-refractivity contribution in [2.75, 3.05) is 25.1 Å². The molecule has 1 amide bonds. The molecule has 1 aromatic heterocycles. The van der Waals surface area contributed by atoms with E-state index in [0.717, 1.165) is 30.7 Å². The van der Waals surface area contributed by atoms with Crippen molar-refractivity contribution in [3.05, 3.63) is 82.4 Å². The van der Waals surface area contributed by atoms with Crippen molar-refractivity contribution in [2.45, 2.75) is 19.4 Å². The van der Waals surface area contributed by atoms with E-state index in [2.05, 4.69) is 10.4 Å². The Bertz CT molecular complexity index is 1150. The van der Waals surface area contributed by atoms with Crippen molar-refractivity contribution in [3.8, 4) is 11.4 Å². The number of ether oxygens (including phenoxy) is 1. The molecule has 32 heavy (non-hydrogen) atoms. The highest BCUT2D eigenvalue weighted by molar-refractivity contribution is 5.79. The highest BCUT2D eigenvalue weighted by atomic mass is 19.1. The first kappa shape index (κ1) is 21.5. The largest absolute Gasteiger partial charge is 0.497 e. The predicted molar refractivity (Wildman–Crippen MR) is 120 cm³/mol. The molecule has 3 aromatic rings. The molecule has 0 bridgehead atoms. The normalized spacial score (nSPS) is 15.9. The Kier molecular flexibility index (Phi) is 6.49. The third-order valence-electron chi connectivity index (χ3n) is 5.58. The summed E-state index contributed by atoms with van der Waals surface area (Å²) in [5.74, 6) is 0.729. The molecule has 0 radical (unpaired) electrons. The Balaban J connectivity index is 1.43. The van der Waals surface area contributed by atoms with Crippen LogP contribution >= 0.6 is 0 Å². The number of hydrogen-bond acceptors (Lipinski definition) is 5. The number of anilines is 1. The summed E-state index contributed by atoms with van der Waals surface area (Å²) in [6, 6.07) is 16.4. The number of halogens is 1. The fourth-order valence-corrected chi connectivity index (χ4v) is 3.84. The fourth-order valence-electron chi connectivity index (χ4n) is 3.84. The van der Waals surface area contributed by atoms with Crippen LogP contribution in [0.2, 0.25) is 0 Å². The molecule has 4 rings (SSSR count). The third-order valence-corrected chi connectivity index (χ3v) is 5.58. The summed E-state index contributed by atoms with van der Waals surface area (Å²) in [6.45, 7) is 1.68. The Labute approximate surface area is 185 Å². The molecule has 1 aliphatic rings. The minimum atomic E-state index is -0.437. The van der Waals surface area contributed by atoms with Gasteiger partial charge < -0.3 is 15.0 Å². The Morgan fingerprint density at radius 1 is 1.19 bits per heavy atom. The number of hydrogen-bond donors (Lipinski definition) is 1. The molecule has 1 fully saturated rings. The molecular formula is C24H25FN4O3. The van der Waals surface area contributed by atoms with E-state index in [4.69, 9.17) is 4.74 Å². The zero-order chi connectivity index (χ0) is 22.5. The molecule has 2 heterocycles. The van der Waals surface area contributed by atoms with Gasteiger partial charge in [0.15, 0.2) is 0 Å². The van der Waals surface area contributed by atoms with Crippen LogP contribution < -0.4 is 20.5 Å². The number of methoxy groups -OCH3 is 1. The van der Waals surface area contributed by atoms with E-state index in [-0.39, 0.29) is 17.4 Å². The molecule has 1 atom stereocenters. The number of amides is 1. The molecule has 1 N–H and O–H groups in total. The summed E-state index contributed by atoms with van der Waals surface area (Å²) in [5, 5.41) is 7.44. The number of benzene rings is 2. The van der Waals surface area contributed by atoms with Gasteiger partial charge >= 0.3 is 0 Å². The molecular weight excluding hydrogens is 411 g/mol. The number of nitrogens with one attached hydrogen (secondary N) is 1. The molecule has 2 aromatic carbocycles. The van der Waals surface area contributed by atoms with Gasteiger partial charge in [0.2, 0.25) is 5.91 Å². The van der Waals surface area contributed by atoms with Crippen LogP contribution in [-0.4, -0.2) is 35.9 Å². The number of rotatable bonds is 6. The average molecular weight is 436 g/mol. The standard InChI is InChI=1S/C24H25FN4O3/c1-32-21-9-7-17(8-10-21)15-26-24(31)18-4-3-13-28(16-18)22-11-12-23(30)29(27-22)20-6-2-5-19(25)14-20/h2,5-12,14,18H,3-4,13,15-16H2,1H3,(H,26,31)/t18-/m0/s1. The lowest BCUT2D eigenvalue weighted by molar-refractivity contribution is -0.125. The first-order valence-corrected chi connectivity index (χ1v) is 10.6. The first-order valence-electron chi connectivity index (χ1n) is 10.6. The second-order valence-electron chi connectivity index (χ2n) is 7.77. The lowest BCUT2D eigenvalue weighted by Gasteiger charge is -2.33. The smallest absolute Gasteiger partial charge is 0.271 e. The lowest BCUT2D eigenvalue weighted by Crippen LogP contribution is -2.43. The first-order chi connectivity index (χ1) is 15.5. The van der Waals surface area contributed by atoms with Crippen LogP contribution in [0.25, 0.3) is 5.69 Å². The number of nitrogens with zero attached hydrogens (tertiary/aromatic N) is 3. The maximum absolute atomic E-state index is 13.6. The summed E-state index contributed by atoms with van der Waals surface area (Å²) in [5.41, 5.74) is 1.02. The van der Waals surface area contributed by atoms with E-state index in [1.807, 2.05) is 29.2 Å². The van der Waals surface area contributed by atoms with Crippen LogP contribution in [0.15, 0.2) is 65.5 Å². The van der Waals surface area contributed by atoms with Crippen LogP contribution in [0.4, 0.5) is 10.2 Å². The molecule has 8 heteroatoms. The van der Waals surface area contributed by atoms with Crippen LogP contribution in [0.1, 0.15) is 18.4 Å². The van der Waals surface area contributed by atoms with E-state index in [9.17, 15) is 14.0 Å². The molecule has 7 nitrogen and oxygen atoms in total. The maximum atomic E-state index is 13.6. The predicted octanol–water partition coefficient (Wildman–Crippen LogP) is 2.91. The van der Waals surface area contributed by atoms with Crippen molar-refractivity contribution in [3.63, 3.8) is 0 Å². The van der Waals surface area contributed by atoms with Gasteiger partial charge in [-0.25, -0.2) is 4.39 Å². The molecule has 166 valence electrons. The topological polar surface area (TPSA) is 76.5 Å². The van der Waals surface area contributed by atoms with Crippen LogP contribution in [-0.2, 0) is 11.3 Å². The quantitative estimate of drug-likeness (QED) is 0.643. The van der Waals surface area contributed by atoms with Crippen molar-refractivity contribution in [2.24, 2.45) is 5.92 Å². The van der Waals surface area contributed by atoms with Gasteiger partial charge in [-0.2, -0.15) is 4.68 Å². The monoisotopic (exact) mass is 436 g/mol.